The van der Waals surface area contributed by atoms with Gasteiger partial charge in [0.1, 0.15) is 11.9 Å². The average molecular weight is 437 g/mol. The number of nitrogens with one attached hydrogen (secondary N) is 2. The second kappa shape index (κ2) is 8.33. The quantitative estimate of drug-likeness (QED) is 0.693. The van der Waals surface area contributed by atoms with Crippen molar-refractivity contribution in [2.75, 3.05) is 7.11 Å². The molecule has 1 aromatic rings. The molecule has 1 heterocycles. The summed E-state index contributed by atoms with van der Waals surface area (Å²) in [6.07, 6.45) is 3.96. The van der Waals surface area contributed by atoms with Gasteiger partial charge in [-0.05, 0) is 65.7 Å². The summed E-state index contributed by atoms with van der Waals surface area (Å²) in [5.41, 5.74) is 1.73. The zero-order valence-corrected chi connectivity index (χ0v) is 17.4. The van der Waals surface area contributed by atoms with E-state index in [1.807, 2.05) is 12.1 Å². The van der Waals surface area contributed by atoms with E-state index >= 15 is 0 Å². The summed E-state index contributed by atoms with van der Waals surface area (Å²) >= 11 is 3.46. The lowest BCUT2D eigenvalue weighted by Gasteiger charge is -2.31. The molecule has 2 N–H and O–H groups in total. The van der Waals surface area contributed by atoms with Gasteiger partial charge in [0.05, 0.1) is 23.2 Å². The zero-order valence-electron chi connectivity index (χ0n) is 15.8. The van der Waals surface area contributed by atoms with Crippen molar-refractivity contribution in [2.45, 2.75) is 51.7 Å². The summed E-state index contributed by atoms with van der Waals surface area (Å²) in [4.78, 5) is 25.0. The van der Waals surface area contributed by atoms with Crippen molar-refractivity contribution in [2.24, 2.45) is 5.92 Å². The highest BCUT2D eigenvalue weighted by atomic mass is 79.9. The largest absolute Gasteiger partial charge is 0.496 e. The third-order valence-corrected chi connectivity index (χ3v) is 5.78. The van der Waals surface area contributed by atoms with Gasteiger partial charge in [0.15, 0.2) is 0 Å². The van der Waals surface area contributed by atoms with Gasteiger partial charge < -0.3 is 20.1 Å². The van der Waals surface area contributed by atoms with E-state index < -0.39 is 6.04 Å². The van der Waals surface area contributed by atoms with Crippen molar-refractivity contribution >= 4 is 27.9 Å². The molecule has 146 valence electrons. The lowest BCUT2D eigenvalue weighted by molar-refractivity contribution is -0.146. The Balaban J connectivity index is 1.87. The van der Waals surface area contributed by atoms with Gasteiger partial charge in [-0.1, -0.05) is 19.4 Å². The van der Waals surface area contributed by atoms with Crippen LogP contribution in [0.1, 0.15) is 51.1 Å². The molecule has 0 saturated heterocycles. The highest BCUT2D eigenvalue weighted by Crippen LogP contribution is 2.34. The Bertz CT molecular complexity index is 777. The number of esters is 1. The second-order valence-corrected chi connectivity index (χ2v) is 8.12. The molecule has 0 unspecified atom stereocenters. The molecule has 1 saturated carbocycles. The van der Waals surface area contributed by atoms with Crippen LogP contribution in [0, 0.1) is 5.92 Å². The number of rotatable bonds is 4. The Kier molecular flexibility index (Phi) is 6.09. The van der Waals surface area contributed by atoms with Gasteiger partial charge in [-0.15, -0.1) is 0 Å². The van der Waals surface area contributed by atoms with Crippen LogP contribution in [0.2, 0.25) is 0 Å². The molecule has 27 heavy (non-hydrogen) atoms. The fourth-order valence-corrected chi connectivity index (χ4v) is 4.34. The Morgan fingerprint density at radius 3 is 2.74 bits per heavy atom. The number of carbonyl (C=O) groups excluding carboxylic acids is 2. The SMILES string of the molecule is COc1ccc([C@@H]2NC(=O)NC(C)=C2C(=O)O[C@H]2CCC[C@H](C)C2)cc1Br. The lowest BCUT2D eigenvalue weighted by atomic mass is 9.88. The van der Waals surface area contributed by atoms with E-state index in [0.29, 0.717) is 22.9 Å². The molecular weight excluding hydrogens is 412 g/mol. The van der Waals surface area contributed by atoms with Crippen molar-refractivity contribution in [3.05, 3.63) is 39.5 Å². The van der Waals surface area contributed by atoms with Crippen LogP contribution in [-0.2, 0) is 9.53 Å². The highest BCUT2D eigenvalue weighted by Gasteiger charge is 2.34. The molecule has 6 nitrogen and oxygen atoms in total. The predicted octanol–water partition coefficient (Wildman–Crippen LogP) is 4.21. The van der Waals surface area contributed by atoms with Crippen LogP contribution in [0.15, 0.2) is 33.9 Å². The standard InChI is InChI=1S/C20H25BrN2O4/c1-11-5-4-6-14(9-11)27-19(24)17-12(2)22-20(25)23-18(17)13-7-8-16(26-3)15(21)10-13/h7-8,10-11,14,18H,4-6,9H2,1-3H3,(H2,22,23,25)/t11-,14-,18-/m0/s1. The maximum Gasteiger partial charge on any atom is 0.338 e. The van der Waals surface area contributed by atoms with Crippen molar-refractivity contribution in [3.8, 4) is 5.75 Å². The first kappa shape index (κ1) is 19.7. The molecule has 0 radical (unpaired) electrons. The van der Waals surface area contributed by atoms with E-state index in [9.17, 15) is 9.59 Å². The Morgan fingerprint density at radius 2 is 2.07 bits per heavy atom. The minimum Gasteiger partial charge on any atom is -0.496 e. The first-order chi connectivity index (χ1) is 12.9. The van der Waals surface area contributed by atoms with Gasteiger partial charge >= 0.3 is 12.0 Å². The van der Waals surface area contributed by atoms with E-state index in [1.165, 1.54) is 6.42 Å². The van der Waals surface area contributed by atoms with E-state index in [2.05, 4.69) is 33.5 Å². The minimum absolute atomic E-state index is 0.0672. The maximum atomic E-state index is 13.0. The van der Waals surface area contributed by atoms with Crippen LogP contribution in [0.5, 0.6) is 5.75 Å². The molecule has 1 aromatic carbocycles. The van der Waals surface area contributed by atoms with E-state index in [-0.39, 0.29) is 18.1 Å². The third kappa shape index (κ3) is 4.46. The molecule has 0 spiro atoms. The number of hydrogen-bond acceptors (Lipinski definition) is 4. The summed E-state index contributed by atoms with van der Waals surface area (Å²) in [5.74, 6) is 0.861. The molecule has 1 aliphatic carbocycles. The minimum atomic E-state index is -0.575. The van der Waals surface area contributed by atoms with Crippen molar-refractivity contribution < 1.29 is 19.1 Å². The van der Waals surface area contributed by atoms with Gasteiger partial charge in [0.2, 0.25) is 0 Å². The number of ether oxygens (including phenoxy) is 2. The first-order valence-corrected chi connectivity index (χ1v) is 10.0. The smallest absolute Gasteiger partial charge is 0.338 e. The van der Waals surface area contributed by atoms with Crippen LogP contribution >= 0.6 is 15.9 Å². The normalized spacial score (nSPS) is 25.5. The van der Waals surface area contributed by atoms with Gasteiger partial charge in [-0.3, -0.25) is 0 Å². The van der Waals surface area contributed by atoms with Crippen LogP contribution in [0.4, 0.5) is 4.79 Å². The van der Waals surface area contributed by atoms with Crippen molar-refractivity contribution in [1.29, 1.82) is 0 Å². The van der Waals surface area contributed by atoms with E-state index in [0.717, 1.165) is 29.3 Å². The van der Waals surface area contributed by atoms with Gasteiger partial charge in [-0.2, -0.15) is 0 Å². The first-order valence-electron chi connectivity index (χ1n) is 9.21. The topological polar surface area (TPSA) is 76.7 Å². The molecule has 0 bridgehead atoms. The van der Waals surface area contributed by atoms with Crippen molar-refractivity contribution in [3.63, 3.8) is 0 Å². The predicted molar refractivity (Wildman–Crippen MR) is 105 cm³/mol. The number of carbonyl (C=O) groups is 2. The summed E-state index contributed by atoms with van der Waals surface area (Å²) in [6.45, 7) is 3.91. The van der Waals surface area contributed by atoms with Crippen LogP contribution in [-0.4, -0.2) is 25.2 Å². The molecule has 2 amide bonds. The van der Waals surface area contributed by atoms with Crippen LogP contribution in [0.25, 0.3) is 0 Å². The number of urea groups is 1. The van der Waals surface area contributed by atoms with Crippen LogP contribution < -0.4 is 15.4 Å². The Labute approximate surface area is 167 Å². The number of benzene rings is 1. The average Bonchev–Trinajstić information content (AvgIpc) is 2.60. The molecule has 0 aromatic heterocycles. The molecule has 7 heteroatoms. The second-order valence-electron chi connectivity index (χ2n) is 7.26. The molecule has 3 rings (SSSR count). The molecule has 1 fully saturated rings. The molecule has 2 aliphatic rings. The number of allylic oxidation sites excluding steroid dienone is 1. The molecule has 1 aliphatic heterocycles. The lowest BCUT2D eigenvalue weighted by Crippen LogP contribution is -2.45. The fraction of sp³-hybridized carbons (Fsp3) is 0.500. The van der Waals surface area contributed by atoms with Gasteiger partial charge in [-0.25, -0.2) is 9.59 Å². The maximum absolute atomic E-state index is 13.0. The van der Waals surface area contributed by atoms with Crippen LogP contribution in [0.3, 0.4) is 0 Å². The summed E-state index contributed by atoms with van der Waals surface area (Å²) in [7, 11) is 1.59. The van der Waals surface area contributed by atoms with E-state index in [4.69, 9.17) is 9.47 Å². The number of halogens is 1. The number of amides is 2. The zero-order chi connectivity index (χ0) is 19.6. The van der Waals surface area contributed by atoms with Crippen molar-refractivity contribution in [1.82, 2.24) is 10.6 Å². The monoisotopic (exact) mass is 436 g/mol. The highest BCUT2D eigenvalue weighted by molar-refractivity contribution is 9.10. The number of methoxy groups -OCH3 is 1. The molecule has 3 atom stereocenters. The van der Waals surface area contributed by atoms with E-state index in [1.54, 1.807) is 20.1 Å². The van der Waals surface area contributed by atoms with Gasteiger partial charge in [0, 0.05) is 5.70 Å². The summed E-state index contributed by atoms with van der Waals surface area (Å²) < 4.78 is 11.8. The Hall–Kier alpha value is -2.02. The number of hydrogen-bond donors (Lipinski definition) is 2. The third-order valence-electron chi connectivity index (χ3n) is 5.16. The fourth-order valence-electron chi connectivity index (χ4n) is 3.78. The molecular formula is C20H25BrN2O4. The van der Waals surface area contributed by atoms with Gasteiger partial charge in [0.25, 0.3) is 0 Å². The summed E-state index contributed by atoms with van der Waals surface area (Å²) in [6, 6.07) is 4.57. The Morgan fingerprint density at radius 1 is 1.30 bits per heavy atom. The summed E-state index contributed by atoms with van der Waals surface area (Å²) in [5, 5.41) is 5.52.